The van der Waals surface area contributed by atoms with E-state index in [9.17, 15) is 4.79 Å². The predicted octanol–water partition coefficient (Wildman–Crippen LogP) is 1.48. The van der Waals surface area contributed by atoms with E-state index in [0.29, 0.717) is 11.5 Å². The Labute approximate surface area is 141 Å². The molecule has 1 saturated heterocycles. The van der Waals surface area contributed by atoms with Crippen molar-refractivity contribution in [3.63, 3.8) is 0 Å². The van der Waals surface area contributed by atoms with Crippen molar-refractivity contribution in [3.05, 3.63) is 24.4 Å². The van der Waals surface area contributed by atoms with Gasteiger partial charge < -0.3 is 10.2 Å². The van der Waals surface area contributed by atoms with Crippen molar-refractivity contribution in [2.24, 2.45) is 7.05 Å². The lowest BCUT2D eigenvalue weighted by atomic mass is 10.1. The van der Waals surface area contributed by atoms with E-state index in [0.717, 1.165) is 38.2 Å². The van der Waals surface area contributed by atoms with E-state index in [-0.39, 0.29) is 12.1 Å². The molecule has 0 bridgehead atoms. The fourth-order valence-corrected chi connectivity index (χ4v) is 2.89. The topological polar surface area (TPSA) is 88.0 Å². The minimum Gasteiger partial charge on any atom is -0.335 e. The van der Waals surface area contributed by atoms with E-state index in [1.165, 1.54) is 0 Å². The highest BCUT2D eigenvalue weighted by molar-refractivity contribution is 5.88. The van der Waals surface area contributed by atoms with Crippen LogP contribution in [0.5, 0.6) is 0 Å². The summed E-state index contributed by atoms with van der Waals surface area (Å²) in [6.07, 6.45) is 3.67. The van der Waals surface area contributed by atoms with Crippen LogP contribution in [0.15, 0.2) is 24.4 Å². The van der Waals surface area contributed by atoms with Crippen LogP contribution in [0.1, 0.15) is 19.8 Å². The number of aromatic nitrogens is 4. The zero-order valence-corrected chi connectivity index (χ0v) is 14.1. The van der Waals surface area contributed by atoms with Crippen LogP contribution in [0.25, 0.3) is 11.4 Å². The molecule has 8 nitrogen and oxygen atoms in total. The number of amides is 2. The number of piperidine rings is 1. The van der Waals surface area contributed by atoms with Crippen LogP contribution in [0.2, 0.25) is 0 Å². The van der Waals surface area contributed by atoms with Gasteiger partial charge in [0.2, 0.25) is 0 Å². The summed E-state index contributed by atoms with van der Waals surface area (Å²) in [4.78, 5) is 14.5. The second-order valence-corrected chi connectivity index (χ2v) is 5.95. The van der Waals surface area contributed by atoms with Crippen LogP contribution in [-0.4, -0.2) is 56.6 Å². The van der Waals surface area contributed by atoms with Gasteiger partial charge in [0, 0.05) is 32.4 Å². The number of nitrogens with one attached hydrogen (secondary N) is 2. The minimum atomic E-state index is -0.229. The summed E-state index contributed by atoms with van der Waals surface area (Å²) >= 11 is 0. The van der Waals surface area contributed by atoms with Gasteiger partial charge in [-0.3, -0.25) is 10.00 Å². The van der Waals surface area contributed by atoms with Gasteiger partial charge in [0.15, 0.2) is 5.82 Å². The fraction of sp³-hybridized carbons (Fsp3) is 0.500. The zero-order chi connectivity index (χ0) is 16.9. The maximum Gasteiger partial charge on any atom is 0.320 e. The Balaban J connectivity index is 1.52. The van der Waals surface area contributed by atoms with Crippen LogP contribution in [-0.2, 0) is 7.05 Å². The Morgan fingerprint density at radius 3 is 2.62 bits per heavy atom. The molecule has 0 aliphatic carbocycles. The number of hydrogen-bond donors (Lipinski definition) is 2. The van der Waals surface area contributed by atoms with E-state index >= 15 is 0 Å². The Morgan fingerprint density at radius 2 is 2.04 bits per heavy atom. The summed E-state index contributed by atoms with van der Waals surface area (Å²) in [6.45, 7) is 5.28. The Bertz CT molecular complexity index is 674. The average molecular weight is 329 g/mol. The van der Waals surface area contributed by atoms with Crippen LogP contribution < -0.4 is 10.6 Å². The van der Waals surface area contributed by atoms with Crippen molar-refractivity contribution in [2.75, 3.05) is 25.0 Å². The number of aryl methyl sites for hydroxylation is 1. The van der Waals surface area contributed by atoms with Crippen LogP contribution in [0.4, 0.5) is 10.6 Å². The monoisotopic (exact) mass is 329 g/mol. The molecular formula is C16H23N7O. The molecule has 0 unspecified atom stereocenters. The van der Waals surface area contributed by atoms with Crippen molar-refractivity contribution in [1.82, 2.24) is 30.2 Å². The number of urea groups is 1. The molecule has 1 aliphatic rings. The zero-order valence-electron chi connectivity index (χ0n) is 14.1. The maximum absolute atomic E-state index is 12.1. The number of hydrogen-bond acceptors (Lipinski definition) is 5. The standard InChI is InChI=1S/C16H23N7O/c1-3-23-10-7-12(8-11-23)18-16(24)19-15-5-4-13(20-21-15)14-6-9-17-22(14)2/h4-6,9,12H,3,7-8,10-11H2,1-2H3,(H2,18,19,21,24). The Hall–Kier alpha value is -2.48. The summed E-state index contributed by atoms with van der Waals surface area (Å²) in [6, 6.07) is 5.42. The van der Waals surface area contributed by atoms with Gasteiger partial charge >= 0.3 is 6.03 Å². The van der Waals surface area contributed by atoms with Crippen molar-refractivity contribution >= 4 is 11.8 Å². The first-order chi connectivity index (χ1) is 11.7. The average Bonchev–Trinajstić information content (AvgIpc) is 3.02. The molecule has 3 heterocycles. The molecule has 2 N–H and O–H groups in total. The molecule has 1 aliphatic heterocycles. The highest BCUT2D eigenvalue weighted by Gasteiger charge is 2.19. The third-order valence-electron chi connectivity index (χ3n) is 4.36. The number of carbonyl (C=O) groups excluding carboxylic acids is 1. The first-order valence-electron chi connectivity index (χ1n) is 8.27. The molecule has 0 aromatic carbocycles. The quantitative estimate of drug-likeness (QED) is 0.887. The van der Waals surface area contributed by atoms with Gasteiger partial charge in [-0.05, 0) is 37.6 Å². The molecule has 0 spiro atoms. The molecule has 1 fully saturated rings. The summed E-state index contributed by atoms with van der Waals surface area (Å²) < 4.78 is 1.73. The molecule has 2 aromatic heterocycles. The van der Waals surface area contributed by atoms with E-state index in [1.54, 1.807) is 16.9 Å². The molecule has 0 atom stereocenters. The number of likely N-dealkylation sites (tertiary alicyclic amines) is 1. The largest absolute Gasteiger partial charge is 0.335 e. The minimum absolute atomic E-state index is 0.217. The number of carbonyl (C=O) groups is 1. The van der Waals surface area contributed by atoms with Crippen molar-refractivity contribution in [2.45, 2.75) is 25.8 Å². The number of anilines is 1. The molecule has 2 aromatic rings. The lowest BCUT2D eigenvalue weighted by Gasteiger charge is -2.31. The summed E-state index contributed by atoms with van der Waals surface area (Å²) in [5.41, 5.74) is 1.59. The van der Waals surface area contributed by atoms with E-state index in [2.05, 4.69) is 37.8 Å². The Kier molecular flexibility index (Phi) is 5.05. The normalized spacial score (nSPS) is 16.1. The number of rotatable bonds is 4. The first-order valence-corrected chi connectivity index (χ1v) is 8.27. The molecule has 24 heavy (non-hydrogen) atoms. The van der Waals surface area contributed by atoms with Crippen LogP contribution in [0, 0.1) is 0 Å². The maximum atomic E-state index is 12.1. The molecular weight excluding hydrogens is 306 g/mol. The van der Waals surface area contributed by atoms with Gasteiger partial charge in [0.05, 0.1) is 5.69 Å². The van der Waals surface area contributed by atoms with Gasteiger partial charge in [0.25, 0.3) is 0 Å². The lowest BCUT2D eigenvalue weighted by Crippen LogP contribution is -2.45. The summed E-state index contributed by atoms with van der Waals surface area (Å²) in [5.74, 6) is 0.435. The molecule has 8 heteroatoms. The van der Waals surface area contributed by atoms with Crippen LogP contribution >= 0.6 is 0 Å². The van der Waals surface area contributed by atoms with Gasteiger partial charge in [-0.25, -0.2) is 4.79 Å². The predicted molar refractivity (Wildman–Crippen MR) is 91.5 cm³/mol. The highest BCUT2D eigenvalue weighted by atomic mass is 16.2. The van der Waals surface area contributed by atoms with Crippen molar-refractivity contribution in [3.8, 4) is 11.4 Å². The second kappa shape index (κ2) is 7.39. The molecule has 0 saturated carbocycles. The van der Waals surface area contributed by atoms with Gasteiger partial charge in [0.1, 0.15) is 5.69 Å². The number of nitrogens with zero attached hydrogens (tertiary/aromatic N) is 5. The summed E-state index contributed by atoms with van der Waals surface area (Å²) in [7, 11) is 1.85. The SMILES string of the molecule is CCN1CCC(NC(=O)Nc2ccc(-c3ccnn3C)nn2)CC1. The Morgan fingerprint density at radius 1 is 1.25 bits per heavy atom. The van der Waals surface area contributed by atoms with Gasteiger partial charge in [-0.2, -0.15) is 5.10 Å². The molecule has 128 valence electrons. The van der Waals surface area contributed by atoms with Crippen LogP contribution in [0.3, 0.4) is 0 Å². The molecule has 0 radical (unpaired) electrons. The van der Waals surface area contributed by atoms with E-state index < -0.39 is 0 Å². The van der Waals surface area contributed by atoms with E-state index in [1.807, 2.05) is 19.2 Å². The highest BCUT2D eigenvalue weighted by Crippen LogP contribution is 2.15. The third-order valence-corrected chi connectivity index (χ3v) is 4.36. The first kappa shape index (κ1) is 16.4. The third kappa shape index (κ3) is 3.88. The van der Waals surface area contributed by atoms with Crippen molar-refractivity contribution in [1.29, 1.82) is 0 Å². The van der Waals surface area contributed by atoms with Gasteiger partial charge in [-0.1, -0.05) is 6.92 Å². The summed E-state index contributed by atoms with van der Waals surface area (Å²) in [5, 5.41) is 18.1. The molecule has 3 rings (SSSR count). The molecule has 2 amide bonds. The van der Waals surface area contributed by atoms with Gasteiger partial charge in [-0.15, -0.1) is 10.2 Å². The fourth-order valence-electron chi connectivity index (χ4n) is 2.89. The van der Waals surface area contributed by atoms with E-state index in [4.69, 9.17) is 0 Å². The second-order valence-electron chi connectivity index (χ2n) is 5.95. The van der Waals surface area contributed by atoms with Crippen molar-refractivity contribution < 1.29 is 4.79 Å². The lowest BCUT2D eigenvalue weighted by molar-refractivity contribution is 0.203. The smallest absolute Gasteiger partial charge is 0.320 e.